The molecule has 4 rings (SSSR count). The Kier molecular flexibility index (Phi) is 2.63. The van der Waals surface area contributed by atoms with Crippen LogP contribution in [0.2, 0.25) is 0 Å². The summed E-state index contributed by atoms with van der Waals surface area (Å²) in [5.41, 5.74) is 1.30. The number of ether oxygens (including phenoxy) is 1. The van der Waals surface area contributed by atoms with E-state index in [1.807, 2.05) is 41.9 Å². The van der Waals surface area contributed by atoms with Crippen LogP contribution in [0.1, 0.15) is 5.56 Å². The predicted molar refractivity (Wildman–Crippen MR) is 80.6 cm³/mol. The fraction of sp³-hybridized carbons (Fsp3) is 0.188. The van der Waals surface area contributed by atoms with Crippen LogP contribution < -0.4 is 10.3 Å². The summed E-state index contributed by atoms with van der Waals surface area (Å²) >= 11 is 1.60. The molecule has 3 heterocycles. The molecule has 1 aliphatic rings. The first-order chi connectivity index (χ1) is 9.81. The van der Waals surface area contributed by atoms with E-state index in [0.29, 0.717) is 6.54 Å². The van der Waals surface area contributed by atoms with Crippen molar-refractivity contribution in [3.8, 4) is 5.75 Å². The zero-order chi connectivity index (χ0) is 13.5. The molecule has 1 aliphatic heterocycles. The van der Waals surface area contributed by atoms with Gasteiger partial charge in [0.25, 0.3) is 5.56 Å². The standard InChI is InChI=1S/C16H13NO2S/c18-16-13-6-8-20-15(13)5-7-17(16)10-12-9-11-3-1-2-4-14(11)19-12/h1-8,12H,9-10H2. The monoisotopic (exact) mass is 283 g/mol. The van der Waals surface area contributed by atoms with Gasteiger partial charge in [-0.2, -0.15) is 0 Å². The number of nitrogens with zero attached hydrogens (tertiary/aromatic N) is 1. The molecule has 2 aromatic heterocycles. The average Bonchev–Trinajstić information content (AvgIpc) is 3.08. The van der Waals surface area contributed by atoms with Crippen molar-refractivity contribution in [2.45, 2.75) is 19.1 Å². The molecule has 3 aromatic rings. The largest absolute Gasteiger partial charge is 0.488 e. The fourth-order valence-corrected chi connectivity index (χ4v) is 3.50. The van der Waals surface area contributed by atoms with Gasteiger partial charge in [-0.1, -0.05) is 18.2 Å². The lowest BCUT2D eigenvalue weighted by Crippen LogP contribution is -2.28. The Balaban J connectivity index is 1.63. The molecule has 0 bridgehead atoms. The number of para-hydroxylation sites is 1. The maximum atomic E-state index is 12.4. The summed E-state index contributed by atoms with van der Waals surface area (Å²) in [4.78, 5) is 12.4. The van der Waals surface area contributed by atoms with E-state index in [0.717, 1.165) is 22.3 Å². The third-order valence-electron chi connectivity index (χ3n) is 3.71. The second kappa shape index (κ2) is 4.49. The van der Waals surface area contributed by atoms with E-state index in [4.69, 9.17) is 4.74 Å². The molecule has 1 aromatic carbocycles. The molecule has 1 unspecified atom stereocenters. The lowest BCUT2D eigenvalue weighted by molar-refractivity contribution is 0.208. The van der Waals surface area contributed by atoms with Crippen molar-refractivity contribution in [3.05, 3.63) is 63.9 Å². The molecule has 3 nitrogen and oxygen atoms in total. The molecule has 0 fully saturated rings. The van der Waals surface area contributed by atoms with E-state index in [1.165, 1.54) is 5.56 Å². The second-order valence-corrected chi connectivity index (χ2v) is 5.97. The highest BCUT2D eigenvalue weighted by Crippen LogP contribution is 2.28. The number of hydrogen-bond acceptors (Lipinski definition) is 3. The molecule has 0 N–H and O–H groups in total. The summed E-state index contributed by atoms with van der Waals surface area (Å²) in [7, 11) is 0. The van der Waals surface area contributed by atoms with Crippen LogP contribution in [-0.2, 0) is 13.0 Å². The number of aromatic nitrogens is 1. The third kappa shape index (κ3) is 1.84. The topological polar surface area (TPSA) is 31.2 Å². The summed E-state index contributed by atoms with van der Waals surface area (Å²) in [6, 6.07) is 12.0. The quantitative estimate of drug-likeness (QED) is 0.724. The molecular formula is C16H13NO2S. The minimum atomic E-state index is 0.0428. The summed E-state index contributed by atoms with van der Waals surface area (Å²) in [5.74, 6) is 0.946. The Morgan fingerprint density at radius 3 is 3.05 bits per heavy atom. The van der Waals surface area contributed by atoms with Crippen LogP contribution in [0.3, 0.4) is 0 Å². The third-order valence-corrected chi connectivity index (χ3v) is 4.59. The highest BCUT2D eigenvalue weighted by Gasteiger charge is 2.23. The number of benzene rings is 1. The molecule has 0 saturated carbocycles. The van der Waals surface area contributed by atoms with Crippen LogP contribution in [0.5, 0.6) is 5.75 Å². The Hall–Kier alpha value is -2.07. The maximum Gasteiger partial charge on any atom is 0.259 e. The number of rotatable bonds is 2. The van der Waals surface area contributed by atoms with E-state index < -0.39 is 0 Å². The van der Waals surface area contributed by atoms with Crippen molar-refractivity contribution in [1.29, 1.82) is 0 Å². The first-order valence-corrected chi connectivity index (χ1v) is 7.50. The lowest BCUT2D eigenvalue weighted by atomic mass is 10.1. The van der Waals surface area contributed by atoms with Gasteiger partial charge in [0.1, 0.15) is 11.9 Å². The van der Waals surface area contributed by atoms with Crippen LogP contribution in [0, 0.1) is 0 Å². The highest BCUT2D eigenvalue weighted by molar-refractivity contribution is 7.17. The first-order valence-electron chi connectivity index (χ1n) is 6.62. The number of hydrogen-bond donors (Lipinski definition) is 0. The number of thiophene rings is 1. The smallest absolute Gasteiger partial charge is 0.259 e. The van der Waals surface area contributed by atoms with Gasteiger partial charge in [-0.15, -0.1) is 11.3 Å². The van der Waals surface area contributed by atoms with E-state index >= 15 is 0 Å². The van der Waals surface area contributed by atoms with E-state index in [1.54, 1.807) is 15.9 Å². The van der Waals surface area contributed by atoms with Crippen LogP contribution >= 0.6 is 11.3 Å². The van der Waals surface area contributed by atoms with Crippen LogP contribution in [0.4, 0.5) is 0 Å². The van der Waals surface area contributed by atoms with Crippen molar-refractivity contribution in [2.75, 3.05) is 0 Å². The SMILES string of the molecule is O=c1c2ccsc2ccn1CC1Cc2ccccc2O1. The van der Waals surface area contributed by atoms with Gasteiger partial charge >= 0.3 is 0 Å². The Bertz CT molecular complexity index is 809. The van der Waals surface area contributed by atoms with Gasteiger partial charge in [-0.05, 0) is 29.1 Å². The minimum absolute atomic E-state index is 0.0428. The molecule has 20 heavy (non-hydrogen) atoms. The molecule has 1 atom stereocenters. The van der Waals surface area contributed by atoms with Gasteiger partial charge in [-0.3, -0.25) is 4.79 Å². The first kappa shape index (κ1) is 11.7. The molecule has 0 radical (unpaired) electrons. The van der Waals surface area contributed by atoms with E-state index in [-0.39, 0.29) is 11.7 Å². The van der Waals surface area contributed by atoms with Crippen molar-refractivity contribution in [2.24, 2.45) is 0 Å². The van der Waals surface area contributed by atoms with Crippen LogP contribution in [-0.4, -0.2) is 10.7 Å². The van der Waals surface area contributed by atoms with Gasteiger partial charge in [0.05, 0.1) is 11.9 Å². The van der Waals surface area contributed by atoms with Crippen molar-refractivity contribution >= 4 is 21.4 Å². The molecule has 0 aliphatic carbocycles. The molecule has 0 saturated heterocycles. The Labute approximate surface area is 120 Å². The highest BCUT2D eigenvalue weighted by atomic mass is 32.1. The van der Waals surface area contributed by atoms with Gasteiger partial charge in [0.2, 0.25) is 0 Å². The number of pyridine rings is 1. The normalized spacial score (nSPS) is 17.1. The van der Waals surface area contributed by atoms with E-state index in [2.05, 4.69) is 6.07 Å². The lowest BCUT2D eigenvalue weighted by Gasteiger charge is -2.12. The fourth-order valence-electron chi connectivity index (χ4n) is 2.73. The van der Waals surface area contributed by atoms with Crippen molar-refractivity contribution < 1.29 is 4.74 Å². The minimum Gasteiger partial charge on any atom is -0.488 e. The van der Waals surface area contributed by atoms with Crippen molar-refractivity contribution in [1.82, 2.24) is 4.57 Å². The molecule has 100 valence electrons. The molecule has 4 heteroatoms. The average molecular weight is 283 g/mol. The zero-order valence-electron chi connectivity index (χ0n) is 10.8. The summed E-state index contributed by atoms with van der Waals surface area (Å²) in [6.45, 7) is 0.597. The Morgan fingerprint density at radius 1 is 1.25 bits per heavy atom. The van der Waals surface area contributed by atoms with Crippen molar-refractivity contribution in [3.63, 3.8) is 0 Å². The molecule has 0 amide bonds. The van der Waals surface area contributed by atoms with Gasteiger partial charge in [-0.25, -0.2) is 0 Å². The summed E-state index contributed by atoms with van der Waals surface area (Å²) in [5, 5.41) is 2.76. The maximum absolute atomic E-state index is 12.4. The molecule has 0 spiro atoms. The zero-order valence-corrected chi connectivity index (χ0v) is 11.6. The predicted octanol–water partition coefficient (Wildman–Crippen LogP) is 3.07. The van der Waals surface area contributed by atoms with Gasteiger partial charge < -0.3 is 9.30 Å². The summed E-state index contributed by atoms with van der Waals surface area (Å²) < 4.78 is 8.70. The molecular weight excluding hydrogens is 270 g/mol. The van der Waals surface area contributed by atoms with Crippen LogP contribution in [0.25, 0.3) is 10.1 Å². The van der Waals surface area contributed by atoms with E-state index in [9.17, 15) is 4.79 Å². The van der Waals surface area contributed by atoms with Gasteiger partial charge in [0, 0.05) is 17.3 Å². The van der Waals surface area contributed by atoms with Crippen LogP contribution in [0.15, 0.2) is 52.8 Å². The summed E-state index contributed by atoms with van der Waals surface area (Å²) in [6.07, 6.45) is 2.78. The Morgan fingerprint density at radius 2 is 2.15 bits per heavy atom. The number of fused-ring (bicyclic) bond motifs is 2. The second-order valence-electron chi connectivity index (χ2n) is 5.02. The van der Waals surface area contributed by atoms with Gasteiger partial charge in [0.15, 0.2) is 0 Å².